The van der Waals surface area contributed by atoms with Gasteiger partial charge >= 0.3 is 0 Å². The molecule has 2 aromatic rings. The zero-order valence-corrected chi connectivity index (χ0v) is 17.9. The first-order valence-electron chi connectivity index (χ1n) is 6.76. The van der Waals surface area contributed by atoms with Gasteiger partial charge in [0.15, 0.2) is 5.96 Å². The van der Waals surface area contributed by atoms with Gasteiger partial charge in [-0.2, -0.15) is 0 Å². The highest BCUT2D eigenvalue weighted by Gasteiger charge is 2.10. The molecule has 0 amide bonds. The predicted octanol–water partition coefficient (Wildman–Crippen LogP) is 4.18. The Bertz CT molecular complexity index is 677. The van der Waals surface area contributed by atoms with Gasteiger partial charge in [-0.15, -0.1) is 35.3 Å². The van der Waals surface area contributed by atoms with Gasteiger partial charge in [-0.3, -0.25) is 4.99 Å². The van der Waals surface area contributed by atoms with Crippen molar-refractivity contribution in [2.45, 2.75) is 20.0 Å². The van der Waals surface area contributed by atoms with Crippen LogP contribution in [0.15, 0.2) is 33.0 Å². The zero-order chi connectivity index (χ0) is 16.1. The molecule has 0 radical (unpaired) electrons. The number of benzene rings is 1. The highest BCUT2D eigenvalue weighted by molar-refractivity contribution is 14.0. The molecule has 1 aromatic carbocycles. The molecule has 4 nitrogen and oxygen atoms in total. The number of aryl methyl sites for hydroxylation is 1. The number of halogens is 3. The molecule has 0 fully saturated rings. The Balaban J connectivity index is 0.00000264. The van der Waals surface area contributed by atoms with Crippen molar-refractivity contribution < 1.29 is 4.39 Å². The average molecular weight is 513 g/mol. The summed E-state index contributed by atoms with van der Waals surface area (Å²) in [5.41, 5.74) is 1.59. The molecule has 8 heteroatoms. The van der Waals surface area contributed by atoms with Crippen molar-refractivity contribution in [3.63, 3.8) is 0 Å². The van der Waals surface area contributed by atoms with Crippen LogP contribution < -0.4 is 5.32 Å². The van der Waals surface area contributed by atoms with E-state index in [1.165, 1.54) is 6.07 Å². The quantitative estimate of drug-likeness (QED) is 0.379. The molecule has 0 atom stereocenters. The van der Waals surface area contributed by atoms with Crippen molar-refractivity contribution in [3.05, 3.63) is 50.1 Å². The second kappa shape index (κ2) is 9.53. The monoisotopic (exact) mass is 512 g/mol. The number of nitrogens with zero attached hydrogens (tertiary/aromatic N) is 3. The summed E-state index contributed by atoms with van der Waals surface area (Å²) in [6, 6.07) is 4.90. The maximum Gasteiger partial charge on any atom is 0.194 e. The smallest absolute Gasteiger partial charge is 0.194 e. The molecule has 1 heterocycles. The topological polar surface area (TPSA) is 40.5 Å². The average Bonchev–Trinajstić information content (AvgIpc) is 2.88. The Morgan fingerprint density at radius 1 is 1.48 bits per heavy atom. The van der Waals surface area contributed by atoms with E-state index < -0.39 is 0 Å². The third-order valence-electron chi connectivity index (χ3n) is 3.08. The first kappa shape index (κ1) is 20.3. The first-order valence-corrected chi connectivity index (χ1v) is 8.43. The molecule has 1 aromatic heterocycles. The lowest BCUT2D eigenvalue weighted by atomic mass is 10.2. The van der Waals surface area contributed by atoms with Crippen molar-refractivity contribution in [1.29, 1.82) is 0 Å². The Labute approximate surface area is 165 Å². The number of thiazole rings is 1. The maximum atomic E-state index is 13.8. The van der Waals surface area contributed by atoms with Gasteiger partial charge in [0.1, 0.15) is 5.82 Å². The Morgan fingerprint density at radius 2 is 2.22 bits per heavy atom. The van der Waals surface area contributed by atoms with Crippen LogP contribution in [0.25, 0.3) is 0 Å². The molecule has 0 saturated heterocycles. The SMILES string of the molecule is CN=C(NCc1cc(Br)ccc1F)N(C)Cc1csc(C)n1.I. The van der Waals surface area contributed by atoms with E-state index in [9.17, 15) is 4.39 Å². The van der Waals surface area contributed by atoms with Gasteiger partial charge in [-0.1, -0.05) is 15.9 Å². The Morgan fingerprint density at radius 3 is 2.83 bits per heavy atom. The normalized spacial score (nSPS) is 11.1. The summed E-state index contributed by atoms with van der Waals surface area (Å²) >= 11 is 4.98. The van der Waals surface area contributed by atoms with Gasteiger partial charge in [-0.25, -0.2) is 9.37 Å². The summed E-state index contributed by atoms with van der Waals surface area (Å²) in [4.78, 5) is 10.6. The van der Waals surface area contributed by atoms with E-state index in [4.69, 9.17) is 0 Å². The standard InChI is InChI=1S/C15H18BrFN4S.HI/c1-10-20-13(9-22-10)8-21(3)15(18-2)19-7-11-6-12(16)4-5-14(11)17;/h4-6,9H,7-8H2,1-3H3,(H,18,19);1H. The van der Waals surface area contributed by atoms with E-state index >= 15 is 0 Å². The number of hydrogen-bond donors (Lipinski definition) is 1. The van der Waals surface area contributed by atoms with Crippen molar-refractivity contribution >= 4 is 57.2 Å². The minimum atomic E-state index is -0.232. The first-order chi connectivity index (χ1) is 10.5. The number of aliphatic imine (C=N–C) groups is 1. The fourth-order valence-corrected chi connectivity index (χ4v) is 3.05. The van der Waals surface area contributed by atoms with Crippen LogP contribution in [0.2, 0.25) is 0 Å². The van der Waals surface area contributed by atoms with Crippen LogP contribution >= 0.6 is 51.2 Å². The summed E-state index contributed by atoms with van der Waals surface area (Å²) in [6.45, 7) is 3.01. The largest absolute Gasteiger partial charge is 0.352 e. The van der Waals surface area contributed by atoms with Crippen LogP contribution in [0.5, 0.6) is 0 Å². The van der Waals surface area contributed by atoms with Crippen LogP contribution in [-0.4, -0.2) is 29.9 Å². The van der Waals surface area contributed by atoms with Crippen molar-refractivity contribution in [3.8, 4) is 0 Å². The molecule has 0 aliphatic carbocycles. The fourth-order valence-electron chi connectivity index (χ4n) is 2.04. The fraction of sp³-hybridized carbons (Fsp3) is 0.333. The van der Waals surface area contributed by atoms with E-state index in [1.807, 2.05) is 24.3 Å². The molecule has 2 rings (SSSR count). The van der Waals surface area contributed by atoms with Crippen molar-refractivity contribution in [1.82, 2.24) is 15.2 Å². The van der Waals surface area contributed by atoms with Gasteiger partial charge in [0.05, 0.1) is 17.2 Å². The number of aromatic nitrogens is 1. The lowest BCUT2D eigenvalue weighted by Crippen LogP contribution is -2.38. The third kappa shape index (κ3) is 6.00. The Kier molecular flexibility index (Phi) is 8.41. The Hall–Kier alpha value is -0.740. The van der Waals surface area contributed by atoms with E-state index in [1.54, 1.807) is 30.5 Å². The zero-order valence-electron chi connectivity index (χ0n) is 13.1. The van der Waals surface area contributed by atoms with Crippen LogP contribution in [0.3, 0.4) is 0 Å². The molecule has 0 spiro atoms. The summed E-state index contributed by atoms with van der Waals surface area (Å²) in [7, 11) is 3.64. The lowest BCUT2D eigenvalue weighted by molar-refractivity contribution is 0.469. The van der Waals surface area contributed by atoms with Gasteiger partial charge in [0.25, 0.3) is 0 Å². The van der Waals surface area contributed by atoms with E-state index in [2.05, 4.69) is 31.2 Å². The molecule has 0 bridgehead atoms. The predicted molar refractivity (Wildman–Crippen MR) is 108 cm³/mol. The highest BCUT2D eigenvalue weighted by Crippen LogP contribution is 2.15. The number of guanidine groups is 1. The second-order valence-electron chi connectivity index (χ2n) is 4.85. The number of hydrogen-bond acceptors (Lipinski definition) is 3. The van der Waals surface area contributed by atoms with Crippen LogP contribution in [0.1, 0.15) is 16.3 Å². The van der Waals surface area contributed by atoms with Crippen LogP contribution in [-0.2, 0) is 13.1 Å². The molecule has 0 unspecified atom stereocenters. The van der Waals surface area contributed by atoms with E-state index in [-0.39, 0.29) is 29.8 Å². The molecule has 0 aliphatic heterocycles. The highest BCUT2D eigenvalue weighted by atomic mass is 127. The molecular formula is C15H19BrFIN4S. The van der Waals surface area contributed by atoms with Gasteiger partial charge in [-0.05, 0) is 25.1 Å². The summed E-state index contributed by atoms with van der Waals surface area (Å²) in [5.74, 6) is 0.467. The second-order valence-corrected chi connectivity index (χ2v) is 6.83. The number of rotatable bonds is 4. The number of nitrogens with one attached hydrogen (secondary N) is 1. The molecular weight excluding hydrogens is 494 g/mol. The summed E-state index contributed by atoms with van der Waals surface area (Å²) < 4.78 is 14.6. The molecule has 1 N–H and O–H groups in total. The van der Waals surface area contributed by atoms with Crippen LogP contribution in [0.4, 0.5) is 4.39 Å². The lowest BCUT2D eigenvalue weighted by Gasteiger charge is -2.21. The van der Waals surface area contributed by atoms with Crippen LogP contribution in [0, 0.1) is 12.7 Å². The van der Waals surface area contributed by atoms with Gasteiger partial charge in [0.2, 0.25) is 0 Å². The minimum absolute atomic E-state index is 0. The van der Waals surface area contributed by atoms with Crippen molar-refractivity contribution in [2.24, 2.45) is 4.99 Å². The molecule has 0 aliphatic rings. The molecule has 0 saturated carbocycles. The summed E-state index contributed by atoms with van der Waals surface area (Å²) in [5, 5.41) is 6.25. The minimum Gasteiger partial charge on any atom is -0.352 e. The van der Waals surface area contributed by atoms with E-state index in [0.29, 0.717) is 24.6 Å². The molecule has 23 heavy (non-hydrogen) atoms. The van der Waals surface area contributed by atoms with Gasteiger partial charge in [0, 0.05) is 36.1 Å². The van der Waals surface area contributed by atoms with E-state index in [0.717, 1.165) is 15.2 Å². The van der Waals surface area contributed by atoms with Crippen molar-refractivity contribution in [2.75, 3.05) is 14.1 Å². The van der Waals surface area contributed by atoms with Gasteiger partial charge < -0.3 is 10.2 Å². The summed E-state index contributed by atoms with van der Waals surface area (Å²) in [6.07, 6.45) is 0. The third-order valence-corrected chi connectivity index (χ3v) is 4.40. The molecule has 126 valence electrons. The maximum absolute atomic E-state index is 13.8.